The van der Waals surface area contributed by atoms with E-state index >= 15 is 0 Å². The lowest BCUT2D eigenvalue weighted by Gasteiger charge is -2.13. The van der Waals surface area contributed by atoms with Crippen molar-refractivity contribution in [1.29, 1.82) is 0 Å². The highest BCUT2D eigenvalue weighted by Gasteiger charge is 2.26. The highest BCUT2D eigenvalue weighted by Crippen LogP contribution is 2.40. The van der Waals surface area contributed by atoms with Gasteiger partial charge in [-0.05, 0) is 31.9 Å². The van der Waals surface area contributed by atoms with E-state index in [1.807, 2.05) is 0 Å². The Morgan fingerprint density at radius 3 is 3.12 bits per heavy atom. The summed E-state index contributed by atoms with van der Waals surface area (Å²) >= 11 is 3.40. The molecule has 1 aromatic rings. The van der Waals surface area contributed by atoms with Crippen LogP contribution >= 0.6 is 15.9 Å². The fourth-order valence-electron chi connectivity index (χ4n) is 2.38. The van der Waals surface area contributed by atoms with Crippen LogP contribution < -0.4 is 14.8 Å². The molecule has 5 heteroatoms. The van der Waals surface area contributed by atoms with E-state index in [1.165, 1.54) is 0 Å². The molecule has 0 aromatic heterocycles. The zero-order valence-corrected chi connectivity index (χ0v) is 10.8. The topological polar surface area (TPSA) is 30.5 Å². The maximum Gasteiger partial charge on any atom is 0.231 e. The van der Waals surface area contributed by atoms with Crippen LogP contribution in [0, 0.1) is 5.82 Å². The van der Waals surface area contributed by atoms with Crippen LogP contribution in [0.3, 0.4) is 0 Å². The van der Waals surface area contributed by atoms with Gasteiger partial charge in [0, 0.05) is 16.1 Å². The van der Waals surface area contributed by atoms with Gasteiger partial charge in [-0.1, -0.05) is 15.9 Å². The molecule has 17 heavy (non-hydrogen) atoms. The van der Waals surface area contributed by atoms with E-state index in [9.17, 15) is 4.39 Å². The molecule has 3 rings (SSSR count). The minimum Gasteiger partial charge on any atom is -0.453 e. The first-order chi connectivity index (χ1) is 8.25. The standard InChI is InChI=1S/C12H13BrFNO2/c13-9-5-10-12(17-6-16-10)11(14)8(9)4-7-2-1-3-15-7/h5,7,15H,1-4,6H2. The average molecular weight is 302 g/mol. The van der Waals surface area contributed by atoms with Gasteiger partial charge in [0.2, 0.25) is 12.5 Å². The van der Waals surface area contributed by atoms with Gasteiger partial charge in [0.25, 0.3) is 0 Å². The van der Waals surface area contributed by atoms with Crippen LogP contribution in [0.5, 0.6) is 11.5 Å². The second-order valence-corrected chi connectivity index (χ2v) is 5.24. The molecule has 2 heterocycles. The summed E-state index contributed by atoms with van der Waals surface area (Å²) in [6.45, 7) is 1.12. The van der Waals surface area contributed by atoms with Crippen LogP contribution in [0.25, 0.3) is 0 Å². The fourth-order valence-corrected chi connectivity index (χ4v) is 2.92. The zero-order valence-electron chi connectivity index (χ0n) is 9.26. The molecule has 2 aliphatic rings. The van der Waals surface area contributed by atoms with Gasteiger partial charge in [0.1, 0.15) is 0 Å². The Labute approximate surface area is 107 Å². The van der Waals surface area contributed by atoms with Gasteiger partial charge in [-0.3, -0.25) is 0 Å². The third-order valence-corrected chi connectivity index (χ3v) is 3.97. The molecule has 0 saturated carbocycles. The predicted molar refractivity (Wildman–Crippen MR) is 65.0 cm³/mol. The summed E-state index contributed by atoms with van der Waals surface area (Å²) in [5.74, 6) is 0.444. The summed E-state index contributed by atoms with van der Waals surface area (Å²) in [4.78, 5) is 0. The molecule has 1 atom stereocenters. The Morgan fingerprint density at radius 2 is 2.35 bits per heavy atom. The second kappa shape index (κ2) is 4.46. The van der Waals surface area contributed by atoms with Gasteiger partial charge in [0.15, 0.2) is 11.6 Å². The number of hydrogen-bond acceptors (Lipinski definition) is 3. The summed E-state index contributed by atoms with van der Waals surface area (Å²) in [6, 6.07) is 2.15. The zero-order chi connectivity index (χ0) is 11.8. The summed E-state index contributed by atoms with van der Waals surface area (Å²) in [5.41, 5.74) is 0.675. The van der Waals surface area contributed by atoms with E-state index in [0.717, 1.165) is 23.9 Å². The molecule has 3 nitrogen and oxygen atoms in total. The smallest absolute Gasteiger partial charge is 0.231 e. The van der Waals surface area contributed by atoms with Gasteiger partial charge in [-0.15, -0.1) is 0 Å². The molecule has 1 unspecified atom stereocenters. The predicted octanol–water partition coefficient (Wildman–Crippen LogP) is 2.61. The molecule has 92 valence electrons. The van der Waals surface area contributed by atoms with Crippen LogP contribution in [0.2, 0.25) is 0 Å². The molecular weight excluding hydrogens is 289 g/mol. The molecule has 1 saturated heterocycles. The van der Waals surface area contributed by atoms with Crippen molar-refractivity contribution in [2.45, 2.75) is 25.3 Å². The fraction of sp³-hybridized carbons (Fsp3) is 0.500. The Balaban J connectivity index is 1.92. The largest absolute Gasteiger partial charge is 0.453 e. The quantitative estimate of drug-likeness (QED) is 0.911. The van der Waals surface area contributed by atoms with E-state index in [-0.39, 0.29) is 18.4 Å². The summed E-state index contributed by atoms with van der Waals surface area (Å²) in [6.07, 6.45) is 2.94. The number of rotatable bonds is 2. The number of halogens is 2. The van der Waals surface area contributed by atoms with Crippen molar-refractivity contribution in [2.24, 2.45) is 0 Å². The third kappa shape index (κ3) is 2.02. The molecule has 1 N–H and O–H groups in total. The normalized spacial score (nSPS) is 22.1. The second-order valence-electron chi connectivity index (χ2n) is 4.38. The van der Waals surface area contributed by atoms with Crippen molar-refractivity contribution in [1.82, 2.24) is 5.32 Å². The minimum absolute atomic E-state index is 0.101. The molecule has 0 bridgehead atoms. The SMILES string of the molecule is Fc1c(CC2CCCN2)c(Br)cc2c1OCO2. The summed E-state index contributed by atoms with van der Waals surface area (Å²) in [5, 5.41) is 3.37. The van der Waals surface area contributed by atoms with Crippen molar-refractivity contribution >= 4 is 15.9 Å². The first-order valence-corrected chi connectivity index (χ1v) is 6.55. The Morgan fingerprint density at radius 1 is 1.47 bits per heavy atom. The summed E-state index contributed by atoms with van der Waals surface area (Å²) < 4.78 is 25.3. The average Bonchev–Trinajstić information content (AvgIpc) is 2.94. The third-order valence-electron chi connectivity index (χ3n) is 3.26. The monoisotopic (exact) mass is 301 g/mol. The van der Waals surface area contributed by atoms with E-state index in [1.54, 1.807) is 6.07 Å². The van der Waals surface area contributed by atoms with E-state index in [0.29, 0.717) is 23.8 Å². The van der Waals surface area contributed by atoms with E-state index in [2.05, 4.69) is 21.2 Å². The highest BCUT2D eigenvalue weighted by molar-refractivity contribution is 9.10. The lowest BCUT2D eigenvalue weighted by Crippen LogP contribution is -2.24. The van der Waals surface area contributed by atoms with E-state index in [4.69, 9.17) is 9.47 Å². The van der Waals surface area contributed by atoms with Crippen molar-refractivity contribution in [2.75, 3.05) is 13.3 Å². The van der Waals surface area contributed by atoms with Gasteiger partial charge < -0.3 is 14.8 Å². The molecule has 1 fully saturated rings. The molecule has 0 radical (unpaired) electrons. The van der Waals surface area contributed by atoms with Crippen LogP contribution in [-0.2, 0) is 6.42 Å². The molecule has 2 aliphatic heterocycles. The van der Waals surface area contributed by atoms with Crippen LogP contribution in [-0.4, -0.2) is 19.4 Å². The lowest BCUT2D eigenvalue weighted by atomic mass is 10.0. The Kier molecular flexibility index (Phi) is 2.96. The maximum absolute atomic E-state index is 14.2. The molecule has 1 aromatic carbocycles. The Bertz CT molecular complexity index is 447. The van der Waals surface area contributed by atoms with Crippen molar-refractivity contribution in [3.05, 3.63) is 21.9 Å². The number of benzene rings is 1. The van der Waals surface area contributed by atoms with E-state index < -0.39 is 0 Å². The molecular formula is C12H13BrFNO2. The molecule has 0 amide bonds. The van der Waals surface area contributed by atoms with Crippen LogP contribution in [0.4, 0.5) is 4.39 Å². The van der Waals surface area contributed by atoms with Crippen LogP contribution in [0.15, 0.2) is 10.5 Å². The van der Waals surface area contributed by atoms with Gasteiger partial charge in [0.05, 0.1) is 0 Å². The number of nitrogens with one attached hydrogen (secondary N) is 1. The van der Waals surface area contributed by atoms with Crippen molar-refractivity contribution < 1.29 is 13.9 Å². The van der Waals surface area contributed by atoms with Crippen molar-refractivity contribution in [3.8, 4) is 11.5 Å². The number of hydrogen-bond donors (Lipinski definition) is 1. The molecule has 0 aliphatic carbocycles. The maximum atomic E-state index is 14.2. The molecule has 0 spiro atoms. The first kappa shape index (κ1) is 11.3. The van der Waals surface area contributed by atoms with Gasteiger partial charge >= 0.3 is 0 Å². The van der Waals surface area contributed by atoms with Gasteiger partial charge in [-0.25, -0.2) is 4.39 Å². The lowest BCUT2D eigenvalue weighted by molar-refractivity contribution is 0.170. The first-order valence-electron chi connectivity index (χ1n) is 5.75. The van der Waals surface area contributed by atoms with Crippen molar-refractivity contribution in [3.63, 3.8) is 0 Å². The van der Waals surface area contributed by atoms with Crippen LogP contribution in [0.1, 0.15) is 18.4 Å². The highest BCUT2D eigenvalue weighted by atomic mass is 79.9. The minimum atomic E-state index is -0.291. The number of fused-ring (bicyclic) bond motifs is 1. The van der Waals surface area contributed by atoms with Gasteiger partial charge in [-0.2, -0.15) is 0 Å². The summed E-state index contributed by atoms with van der Waals surface area (Å²) in [7, 11) is 0. The Hall–Kier alpha value is -0.810. The number of ether oxygens (including phenoxy) is 2.